The van der Waals surface area contributed by atoms with Gasteiger partial charge in [0.1, 0.15) is 5.75 Å². The second-order valence-electron chi connectivity index (χ2n) is 4.58. The van der Waals surface area contributed by atoms with Crippen LogP contribution in [0.5, 0.6) is 5.75 Å². The monoisotopic (exact) mass is 278 g/mol. The molecule has 0 aliphatic heterocycles. The molecular formula is C16H22O4. The number of aryl methyl sites for hydroxylation is 1. The van der Waals surface area contributed by atoms with Crippen molar-refractivity contribution in [3.63, 3.8) is 0 Å². The number of carbonyl (C=O) groups is 2. The first-order valence-electron chi connectivity index (χ1n) is 7.05. The lowest BCUT2D eigenvalue weighted by atomic mass is 10.0. The second-order valence-corrected chi connectivity index (χ2v) is 4.58. The molecule has 110 valence electrons. The topological polar surface area (TPSA) is 52.6 Å². The molecular weight excluding hydrogens is 256 g/mol. The number of carbonyl (C=O) groups excluding carboxylic acids is 2. The van der Waals surface area contributed by atoms with Gasteiger partial charge in [-0.05, 0) is 44.0 Å². The zero-order valence-corrected chi connectivity index (χ0v) is 12.4. The predicted octanol–water partition coefficient (Wildman–Crippen LogP) is 3.31. The molecule has 0 unspecified atom stereocenters. The molecule has 0 saturated heterocycles. The van der Waals surface area contributed by atoms with E-state index < -0.39 is 11.8 Å². The van der Waals surface area contributed by atoms with Gasteiger partial charge in [-0.25, -0.2) is 4.79 Å². The summed E-state index contributed by atoms with van der Waals surface area (Å²) >= 11 is 0. The molecule has 0 spiro atoms. The smallest absolute Gasteiger partial charge is 0.379 e. The summed E-state index contributed by atoms with van der Waals surface area (Å²) in [6, 6.07) is 5.10. The summed E-state index contributed by atoms with van der Waals surface area (Å²) in [6.45, 7) is 6.46. The summed E-state index contributed by atoms with van der Waals surface area (Å²) in [7, 11) is 0. The molecule has 0 aliphatic rings. The van der Waals surface area contributed by atoms with Gasteiger partial charge >= 0.3 is 5.97 Å². The van der Waals surface area contributed by atoms with Crippen LogP contribution < -0.4 is 4.74 Å². The Balaban J connectivity index is 2.68. The largest absolute Gasteiger partial charge is 0.494 e. The van der Waals surface area contributed by atoms with Gasteiger partial charge in [0.25, 0.3) is 5.78 Å². The molecule has 1 aromatic rings. The highest BCUT2D eigenvalue weighted by Gasteiger charge is 2.19. The first kappa shape index (κ1) is 16.2. The SMILES string of the molecule is CCCCCOc1ccc(C(=O)C(=O)OCC)c(C)c1. The molecule has 1 aromatic carbocycles. The maximum atomic E-state index is 11.9. The van der Waals surface area contributed by atoms with Crippen molar-refractivity contribution < 1.29 is 19.1 Å². The fourth-order valence-electron chi connectivity index (χ4n) is 1.83. The highest BCUT2D eigenvalue weighted by molar-refractivity contribution is 6.41. The van der Waals surface area contributed by atoms with Crippen molar-refractivity contribution >= 4 is 11.8 Å². The van der Waals surface area contributed by atoms with E-state index in [-0.39, 0.29) is 6.61 Å². The molecule has 0 fully saturated rings. The lowest BCUT2D eigenvalue weighted by Gasteiger charge is -2.09. The van der Waals surface area contributed by atoms with Crippen LogP contribution in [0.3, 0.4) is 0 Å². The number of esters is 1. The molecule has 1 rings (SSSR count). The van der Waals surface area contributed by atoms with Crippen molar-refractivity contribution in [3.05, 3.63) is 29.3 Å². The van der Waals surface area contributed by atoms with E-state index >= 15 is 0 Å². The lowest BCUT2D eigenvalue weighted by Crippen LogP contribution is -2.18. The van der Waals surface area contributed by atoms with Crippen LogP contribution >= 0.6 is 0 Å². The normalized spacial score (nSPS) is 10.2. The van der Waals surface area contributed by atoms with E-state index in [1.54, 1.807) is 32.0 Å². The minimum Gasteiger partial charge on any atom is -0.494 e. The molecule has 0 bridgehead atoms. The number of benzene rings is 1. The Morgan fingerprint density at radius 1 is 1.15 bits per heavy atom. The van der Waals surface area contributed by atoms with Gasteiger partial charge in [0.2, 0.25) is 0 Å². The predicted molar refractivity (Wildman–Crippen MR) is 77.2 cm³/mol. The van der Waals surface area contributed by atoms with Crippen LogP contribution in [0.15, 0.2) is 18.2 Å². The van der Waals surface area contributed by atoms with Crippen LogP contribution in [-0.4, -0.2) is 25.0 Å². The third kappa shape index (κ3) is 4.68. The van der Waals surface area contributed by atoms with Crippen LogP contribution in [0, 0.1) is 6.92 Å². The van der Waals surface area contributed by atoms with Gasteiger partial charge in [-0.1, -0.05) is 19.8 Å². The molecule has 0 radical (unpaired) electrons. The van der Waals surface area contributed by atoms with E-state index in [4.69, 9.17) is 9.47 Å². The Hall–Kier alpha value is -1.84. The van der Waals surface area contributed by atoms with E-state index in [1.165, 1.54) is 0 Å². The quantitative estimate of drug-likeness (QED) is 0.317. The average Bonchev–Trinajstić information content (AvgIpc) is 2.43. The van der Waals surface area contributed by atoms with Crippen molar-refractivity contribution in [2.45, 2.75) is 40.0 Å². The lowest BCUT2D eigenvalue weighted by molar-refractivity contribution is -0.137. The number of ketones is 1. The standard InChI is InChI=1S/C16H22O4/c1-4-6-7-10-20-13-8-9-14(12(3)11-13)15(17)16(18)19-5-2/h8-9,11H,4-7,10H2,1-3H3. The van der Waals surface area contributed by atoms with Gasteiger partial charge < -0.3 is 9.47 Å². The Bertz CT molecular complexity index is 466. The Labute approximate surface area is 120 Å². The molecule has 0 heterocycles. The second kappa shape index (κ2) is 8.35. The van der Waals surface area contributed by atoms with Crippen LogP contribution in [0.2, 0.25) is 0 Å². The highest BCUT2D eigenvalue weighted by Crippen LogP contribution is 2.18. The van der Waals surface area contributed by atoms with E-state index in [0.29, 0.717) is 12.2 Å². The van der Waals surface area contributed by atoms with E-state index in [0.717, 1.165) is 30.6 Å². The van der Waals surface area contributed by atoms with Gasteiger partial charge in [-0.15, -0.1) is 0 Å². The fourth-order valence-corrected chi connectivity index (χ4v) is 1.83. The molecule has 0 atom stereocenters. The molecule has 20 heavy (non-hydrogen) atoms. The third-order valence-corrected chi connectivity index (χ3v) is 2.92. The van der Waals surface area contributed by atoms with Crippen LogP contribution in [-0.2, 0) is 9.53 Å². The Kier molecular flexibility index (Phi) is 6.77. The van der Waals surface area contributed by atoms with Crippen molar-refractivity contribution in [1.82, 2.24) is 0 Å². The molecule has 0 N–H and O–H groups in total. The van der Waals surface area contributed by atoms with Crippen molar-refractivity contribution in [2.24, 2.45) is 0 Å². The summed E-state index contributed by atoms with van der Waals surface area (Å²) in [5.41, 5.74) is 1.08. The summed E-state index contributed by atoms with van der Waals surface area (Å²) in [5, 5.41) is 0. The van der Waals surface area contributed by atoms with Crippen molar-refractivity contribution in [2.75, 3.05) is 13.2 Å². The van der Waals surface area contributed by atoms with E-state index in [1.807, 2.05) is 0 Å². The van der Waals surface area contributed by atoms with Gasteiger partial charge in [-0.2, -0.15) is 0 Å². The van der Waals surface area contributed by atoms with E-state index in [9.17, 15) is 9.59 Å². The van der Waals surface area contributed by atoms with Crippen LogP contribution in [0.1, 0.15) is 49.0 Å². The first-order chi connectivity index (χ1) is 9.60. The van der Waals surface area contributed by atoms with Crippen LogP contribution in [0.4, 0.5) is 0 Å². The average molecular weight is 278 g/mol. The number of hydrogen-bond acceptors (Lipinski definition) is 4. The van der Waals surface area contributed by atoms with Crippen molar-refractivity contribution in [3.8, 4) is 5.75 Å². The number of hydrogen-bond donors (Lipinski definition) is 0. The first-order valence-corrected chi connectivity index (χ1v) is 7.05. The molecule has 4 nitrogen and oxygen atoms in total. The summed E-state index contributed by atoms with van der Waals surface area (Å²) in [4.78, 5) is 23.3. The van der Waals surface area contributed by atoms with Crippen LogP contribution in [0.25, 0.3) is 0 Å². The zero-order chi connectivity index (χ0) is 15.0. The Morgan fingerprint density at radius 3 is 2.50 bits per heavy atom. The maximum Gasteiger partial charge on any atom is 0.379 e. The molecule has 0 aliphatic carbocycles. The number of ether oxygens (including phenoxy) is 2. The van der Waals surface area contributed by atoms with Gasteiger partial charge in [0.15, 0.2) is 0 Å². The van der Waals surface area contributed by atoms with Crippen molar-refractivity contribution in [1.29, 1.82) is 0 Å². The minimum absolute atomic E-state index is 0.197. The maximum absolute atomic E-state index is 11.9. The van der Waals surface area contributed by atoms with Gasteiger partial charge in [0.05, 0.1) is 13.2 Å². The molecule has 4 heteroatoms. The highest BCUT2D eigenvalue weighted by atomic mass is 16.5. The molecule has 0 aromatic heterocycles. The Morgan fingerprint density at radius 2 is 1.90 bits per heavy atom. The fraction of sp³-hybridized carbons (Fsp3) is 0.500. The van der Waals surface area contributed by atoms with E-state index in [2.05, 4.69) is 6.92 Å². The zero-order valence-electron chi connectivity index (χ0n) is 12.4. The number of Topliss-reactive ketones (excluding diaryl/α,β-unsaturated/α-hetero) is 1. The number of rotatable bonds is 8. The summed E-state index contributed by atoms with van der Waals surface area (Å²) in [6.07, 6.45) is 3.30. The third-order valence-electron chi connectivity index (χ3n) is 2.92. The number of unbranched alkanes of at least 4 members (excludes halogenated alkanes) is 2. The van der Waals surface area contributed by atoms with Gasteiger partial charge in [0, 0.05) is 5.56 Å². The molecule has 0 amide bonds. The van der Waals surface area contributed by atoms with Gasteiger partial charge in [-0.3, -0.25) is 4.79 Å². The summed E-state index contributed by atoms with van der Waals surface area (Å²) < 4.78 is 10.3. The molecule has 0 saturated carbocycles. The summed E-state index contributed by atoms with van der Waals surface area (Å²) in [5.74, 6) is -0.701. The minimum atomic E-state index is -0.813.